The van der Waals surface area contributed by atoms with E-state index < -0.39 is 0 Å². The Morgan fingerprint density at radius 1 is 1.11 bits per heavy atom. The molecule has 1 fully saturated rings. The molecule has 2 heterocycles. The maximum Gasteiger partial charge on any atom is 0.322 e. The van der Waals surface area contributed by atoms with E-state index in [0.29, 0.717) is 30.2 Å². The summed E-state index contributed by atoms with van der Waals surface area (Å²) in [5.74, 6) is 0.364. The number of rotatable bonds is 5. The van der Waals surface area contributed by atoms with E-state index in [1.165, 1.54) is 6.92 Å². The minimum absolute atomic E-state index is 0.175. The molecule has 1 aliphatic heterocycles. The normalized spacial score (nSPS) is 14.4. The van der Waals surface area contributed by atoms with Gasteiger partial charge in [-0.2, -0.15) is 0 Å². The molecule has 0 atom stereocenters. The number of amides is 3. The lowest BCUT2D eigenvalue weighted by Gasteiger charge is -2.34. The first kappa shape index (κ1) is 19.6. The highest BCUT2D eigenvalue weighted by molar-refractivity contribution is 5.94. The van der Waals surface area contributed by atoms with Crippen LogP contribution >= 0.6 is 0 Å². The molecule has 0 unspecified atom stereocenters. The number of aromatic nitrogens is 1. The van der Waals surface area contributed by atoms with E-state index in [0.717, 1.165) is 25.3 Å². The van der Waals surface area contributed by atoms with E-state index in [1.807, 2.05) is 18.2 Å². The summed E-state index contributed by atoms with van der Waals surface area (Å²) in [6.45, 7) is 5.05. The van der Waals surface area contributed by atoms with Crippen molar-refractivity contribution in [1.29, 1.82) is 0 Å². The van der Waals surface area contributed by atoms with Crippen LogP contribution in [0.3, 0.4) is 0 Å². The number of hydrogen-bond acceptors (Lipinski definition) is 5. The van der Waals surface area contributed by atoms with E-state index in [4.69, 9.17) is 4.74 Å². The van der Waals surface area contributed by atoms with Crippen molar-refractivity contribution in [1.82, 2.24) is 14.8 Å². The van der Waals surface area contributed by atoms with Crippen LogP contribution in [0.4, 0.5) is 16.2 Å². The molecule has 1 saturated heterocycles. The van der Waals surface area contributed by atoms with Crippen LogP contribution in [0.1, 0.15) is 12.6 Å². The second kappa shape index (κ2) is 9.18. The molecule has 148 valence electrons. The van der Waals surface area contributed by atoms with Crippen LogP contribution in [-0.4, -0.2) is 60.0 Å². The van der Waals surface area contributed by atoms with E-state index in [-0.39, 0.29) is 11.9 Å². The molecule has 0 aliphatic carbocycles. The van der Waals surface area contributed by atoms with Gasteiger partial charge in [0.15, 0.2) is 0 Å². The highest BCUT2D eigenvalue weighted by Crippen LogP contribution is 2.28. The van der Waals surface area contributed by atoms with Crippen LogP contribution in [0.15, 0.2) is 42.6 Å². The summed E-state index contributed by atoms with van der Waals surface area (Å²) in [5, 5.41) is 5.60. The second-order valence-corrected chi connectivity index (χ2v) is 6.61. The van der Waals surface area contributed by atoms with Gasteiger partial charge in [-0.15, -0.1) is 0 Å². The SMILES string of the molecule is COc1ccc(NC(C)=O)cc1NC(=O)N1CCN(Cc2ccccn2)CC1. The van der Waals surface area contributed by atoms with E-state index >= 15 is 0 Å². The van der Waals surface area contributed by atoms with Crippen LogP contribution < -0.4 is 15.4 Å². The molecule has 8 heteroatoms. The smallest absolute Gasteiger partial charge is 0.322 e. The molecule has 2 aromatic rings. The number of carbonyl (C=O) groups excluding carboxylic acids is 2. The molecule has 28 heavy (non-hydrogen) atoms. The van der Waals surface area contributed by atoms with E-state index in [1.54, 1.807) is 36.4 Å². The maximum atomic E-state index is 12.7. The van der Waals surface area contributed by atoms with Crippen molar-refractivity contribution in [3.8, 4) is 5.75 Å². The number of benzene rings is 1. The van der Waals surface area contributed by atoms with E-state index in [2.05, 4.69) is 20.5 Å². The van der Waals surface area contributed by atoms with Gasteiger partial charge in [-0.1, -0.05) is 6.07 Å². The summed E-state index contributed by atoms with van der Waals surface area (Å²) < 4.78 is 5.32. The average Bonchev–Trinajstić information content (AvgIpc) is 2.69. The third-order valence-corrected chi connectivity index (χ3v) is 4.53. The Hall–Kier alpha value is -3.13. The van der Waals surface area contributed by atoms with Crippen molar-refractivity contribution in [3.05, 3.63) is 48.3 Å². The molecule has 0 radical (unpaired) electrons. The van der Waals surface area contributed by atoms with Gasteiger partial charge in [-0.25, -0.2) is 4.79 Å². The van der Waals surface area contributed by atoms with Gasteiger partial charge in [0.05, 0.1) is 18.5 Å². The van der Waals surface area contributed by atoms with Gasteiger partial charge < -0.3 is 20.3 Å². The lowest BCUT2D eigenvalue weighted by Crippen LogP contribution is -2.49. The van der Waals surface area contributed by atoms with Gasteiger partial charge in [-0.05, 0) is 30.3 Å². The molecule has 3 amide bonds. The number of urea groups is 1. The number of methoxy groups -OCH3 is 1. The summed E-state index contributed by atoms with van der Waals surface area (Å²) in [6.07, 6.45) is 1.79. The summed E-state index contributed by atoms with van der Waals surface area (Å²) in [6, 6.07) is 10.8. The fourth-order valence-corrected chi connectivity index (χ4v) is 3.11. The van der Waals surface area contributed by atoms with Crippen LogP contribution in [0.5, 0.6) is 5.75 Å². The molecule has 1 aromatic heterocycles. The number of nitrogens with zero attached hydrogens (tertiary/aromatic N) is 3. The molecule has 0 spiro atoms. The van der Waals surface area contributed by atoms with Gasteiger partial charge in [0.1, 0.15) is 5.75 Å². The van der Waals surface area contributed by atoms with Crippen LogP contribution in [0.25, 0.3) is 0 Å². The molecule has 1 aromatic carbocycles. The predicted octanol–water partition coefficient (Wildman–Crippen LogP) is 2.40. The zero-order valence-corrected chi connectivity index (χ0v) is 16.1. The lowest BCUT2D eigenvalue weighted by atomic mass is 10.2. The summed E-state index contributed by atoms with van der Waals surface area (Å²) in [4.78, 5) is 32.3. The van der Waals surface area contributed by atoms with Gasteiger partial charge in [0, 0.05) is 51.5 Å². The molecule has 2 N–H and O–H groups in total. The summed E-state index contributed by atoms with van der Waals surface area (Å²) in [7, 11) is 1.54. The highest BCUT2D eigenvalue weighted by Gasteiger charge is 2.22. The van der Waals surface area contributed by atoms with Gasteiger partial charge >= 0.3 is 6.03 Å². The molecule has 0 bridgehead atoms. The molecular weight excluding hydrogens is 358 g/mol. The van der Waals surface area contributed by atoms with Gasteiger partial charge in [-0.3, -0.25) is 14.7 Å². The number of anilines is 2. The van der Waals surface area contributed by atoms with Crippen molar-refractivity contribution in [2.45, 2.75) is 13.5 Å². The van der Waals surface area contributed by atoms with Gasteiger partial charge in [0.25, 0.3) is 0 Å². The fourth-order valence-electron chi connectivity index (χ4n) is 3.11. The van der Waals surface area contributed by atoms with Crippen LogP contribution in [-0.2, 0) is 11.3 Å². The Morgan fingerprint density at radius 3 is 2.54 bits per heavy atom. The minimum atomic E-state index is -0.184. The zero-order valence-electron chi connectivity index (χ0n) is 16.1. The fraction of sp³-hybridized carbons (Fsp3) is 0.350. The average molecular weight is 383 g/mol. The Bertz CT molecular complexity index is 820. The van der Waals surface area contributed by atoms with Crippen molar-refractivity contribution in [3.63, 3.8) is 0 Å². The van der Waals surface area contributed by atoms with E-state index in [9.17, 15) is 9.59 Å². The standard InChI is InChI=1S/C20H25N5O3/c1-15(26)22-16-6-7-19(28-2)18(13-16)23-20(27)25-11-9-24(10-12-25)14-17-5-3-4-8-21-17/h3-8,13H,9-12,14H2,1-2H3,(H,22,26)(H,23,27). The van der Waals surface area contributed by atoms with Crippen LogP contribution in [0, 0.1) is 0 Å². The number of piperazine rings is 1. The number of nitrogens with one attached hydrogen (secondary N) is 2. The third kappa shape index (κ3) is 5.20. The number of ether oxygens (including phenoxy) is 1. The molecule has 0 saturated carbocycles. The Labute approximate surface area is 164 Å². The quantitative estimate of drug-likeness (QED) is 0.828. The van der Waals surface area contributed by atoms with Crippen molar-refractivity contribution >= 4 is 23.3 Å². The maximum absolute atomic E-state index is 12.7. The molecular formula is C20H25N5O3. The molecule has 1 aliphatic rings. The molecule has 3 rings (SSSR count). The first-order valence-corrected chi connectivity index (χ1v) is 9.19. The Morgan fingerprint density at radius 2 is 1.89 bits per heavy atom. The largest absolute Gasteiger partial charge is 0.495 e. The first-order chi connectivity index (χ1) is 13.5. The Balaban J connectivity index is 1.57. The first-order valence-electron chi connectivity index (χ1n) is 9.19. The molecule has 8 nitrogen and oxygen atoms in total. The van der Waals surface area contributed by atoms with Crippen molar-refractivity contribution in [2.75, 3.05) is 43.9 Å². The minimum Gasteiger partial charge on any atom is -0.495 e. The Kier molecular flexibility index (Phi) is 6.44. The van der Waals surface area contributed by atoms with Gasteiger partial charge in [0.2, 0.25) is 5.91 Å². The van der Waals surface area contributed by atoms with Crippen LogP contribution in [0.2, 0.25) is 0 Å². The topological polar surface area (TPSA) is 86.8 Å². The third-order valence-electron chi connectivity index (χ3n) is 4.53. The van der Waals surface area contributed by atoms with Crippen molar-refractivity contribution in [2.24, 2.45) is 0 Å². The highest BCUT2D eigenvalue weighted by atomic mass is 16.5. The summed E-state index contributed by atoms with van der Waals surface area (Å²) in [5.41, 5.74) is 2.15. The number of pyridine rings is 1. The second-order valence-electron chi connectivity index (χ2n) is 6.61. The predicted molar refractivity (Wildman–Crippen MR) is 107 cm³/mol. The summed E-state index contributed by atoms with van der Waals surface area (Å²) >= 11 is 0. The monoisotopic (exact) mass is 383 g/mol. The van der Waals surface area contributed by atoms with Crippen molar-refractivity contribution < 1.29 is 14.3 Å². The number of carbonyl (C=O) groups is 2. The number of hydrogen-bond donors (Lipinski definition) is 2. The zero-order chi connectivity index (χ0) is 19.9. The lowest BCUT2D eigenvalue weighted by molar-refractivity contribution is -0.114.